The lowest BCUT2D eigenvalue weighted by molar-refractivity contribution is -0.384. The van der Waals surface area contributed by atoms with E-state index >= 15 is 0 Å². The van der Waals surface area contributed by atoms with Crippen LogP contribution in [0.5, 0.6) is 0 Å². The summed E-state index contributed by atoms with van der Waals surface area (Å²) in [5, 5.41) is 14.4. The molecule has 0 spiro atoms. The van der Waals surface area contributed by atoms with Crippen LogP contribution in [0.4, 0.5) is 11.5 Å². The van der Waals surface area contributed by atoms with Gasteiger partial charge in [0, 0.05) is 18.2 Å². The van der Waals surface area contributed by atoms with Gasteiger partial charge in [-0.3, -0.25) is 10.1 Å². The first-order chi connectivity index (χ1) is 9.93. The summed E-state index contributed by atoms with van der Waals surface area (Å²) in [6, 6.07) is 7.20. The van der Waals surface area contributed by atoms with E-state index in [4.69, 9.17) is 0 Å². The van der Waals surface area contributed by atoms with Gasteiger partial charge in [0.2, 0.25) is 0 Å². The number of pyridine rings is 1. The maximum atomic E-state index is 11.3. The summed E-state index contributed by atoms with van der Waals surface area (Å²) >= 11 is 0. The highest BCUT2D eigenvalue weighted by Gasteiger charge is 2.21. The second-order valence-electron chi connectivity index (χ2n) is 5.13. The lowest BCUT2D eigenvalue weighted by atomic mass is 9.96. The molecule has 0 aliphatic rings. The first kappa shape index (κ1) is 15.0. The molecule has 0 bridgehead atoms. The number of aryl methyl sites for hydroxylation is 3. The van der Waals surface area contributed by atoms with E-state index in [9.17, 15) is 10.1 Å². The van der Waals surface area contributed by atoms with E-state index < -0.39 is 0 Å². The van der Waals surface area contributed by atoms with Gasteiger partial charge < -0.3 is 5.32 Å². The summed E-state index contributed by atoms with van der Waals surface area (Å²) in [6.07, 6.45) is 0. The SMILES string of the molecule is CCNc1ccc([N+](=O)[O-])c(-c2c(C)cc(C)cc2C)n1. The Hall–Kier alpha value is -2.43. The van der Waals surface area contributed by atoms with Crippen molar-refractivity contribution in [3.05, 3.63) is 51.1 Å². The highest BCUT2D eigenvalue weighted by molar-refractivity contribution is 5.76. The molecule has 0 atom stereocenters. The summed E-state index contributed by atoms with van der Waals surface area (Å²) < 4.78 is 0. The van der Waals surface area contributed by atoms with E-state index in [1.807, 2.05) is 39.8 Å². The third kappa shape index (κ3) is 3.02. The van der Waals surface area contributed by atoms with Crippen molar-refractivity contribution >= 4 is 11.5 Å². The summed E-state index contributed by atoms with van der Waals surface area (Å²) in [6.45, 7) is 8.61. The number of hydrogen-bond acceptors (Lipinski definition) is 4. The van der Waals surface area contributed by atoms with Crippen molar-refractivity contribution in [2.45, 2.75) is 27.7 Å². The Balaban J connectivity index is 2.71. The molecule has 1 N–H and O–H groups in total. The number of aromatic nitrogens is 1. The third-order valence-corrected chi connectivity index (χ3v) is 3.34. The van der Waals surface area contributed by atoms with Gasteiger partial charge in [0.05, 0.1) is 4.92 Å². The third-order valence-electron chi connectivity index (χ3n) is 3.34. The van der Waals surface area contributed by atoms with Gasteiger partial charge in [-0.2, -0.15) is 0 Å². The Kier molecular flexibility index (Phi) is 4.21. The zero-order chi connectivity index (χ0) is 15.6. The van der Waals surface area contributed by atoms with Crippen molar-refractivity contribution in [2.75, 3.05) is 11.9 Å². The second kappa shape index (κ2) is 5.91. The Morgan fingerprint density at radius 3 is 2.33 bits per heavy atom. The molecule has 0 amide bonds. The van der Waals surface area contributed by atoms with Crippen molar-refractivity contribution < 1.29 is 4.92 Å². The molecule has 1 heterocycles. The van der Waals surface area contributed by atoms with Gasteiger partial charge in [-0.15, -0.1) is 0 Å². The van der Waals surface area contributed by atoms with E-state index in [-0.39, 0.29) is 10.6 Å². The first-order valence-corrected chi connectivity index (χ1v) is 6.91. The van der Waals surface area contributed by atoms with Crippen LogP contribution < -0.4 is 5.32 Å². The molecular weight excluding hydrogens is 266 g/mol. The number of hydrogen-bond donors (Lipinski definition) is 1. The normalized spacial score (nSPS) is 10.5. The summed E-state index contributed by atoms with van der Waals surface area (Å²) in [5.74, 6) is 0.650. The van der Waals surface area contributed by atoms with Crippen molar-refractivity contribution in [3.63, 3.8) is 0 Å². The molecule has 0 saturated heterocycles. The van der Waals surface area contributed by atoms with Crippen LogP contribution in [0.15, 0.2) is 24.3 Å². The monoisotopic (exact) mass is 285 g/mol. The van der Waals surface area contributed by atoms with E-state index in [1.54, 1.807) is 6.07 Å². The second-order valence-corrected chi connectivity index (χ2v) is 5.13. The smallest absolute Gasteiger partial charge is 0.295 e. The van der Waals surface area contributed by atoms with Crippen LogP contribution >= 0.6 is 0 Å². The standard InChI is InChI=1S/C16H19N3O2/c1-5-17-14-7-6-13(19(20)21)16(18-14)15-11(3)8-10(2)9-12(15)4/h6-9H,5H2,1-4H3,(H,17,18). The number of nitrogens with one attached hydrogen (secondary N) is 1. The molecule has 0 fully saturated rings. The molecule has 2 rings (SSSR count). The number of nitrogens with zero attached hydrogens (tertiary/aromatic N) is 2. The molecule has 1 aromatic heterocycles. The van der Waals surface area contributed by atoms with E-state index in [0.29, 0.717) is 11.5 Å². The van der Waals surface area contributed by atoms with Gasteiger partial charge in [0.1, 0.15) is 5.82 Å². The minimum Gasteiger partial charge on any atom is -0.370 e. The molecule has 0 unspecified atom stereocenters. The summed E-state index contributed by atoms with van der Waals surface area (Å²) in [7, 11) is 0. The molecule has 110 valence electrons. The van der Waals surface area contributed by atoms with Crippen LogP contribution in [0.3, 0.4) is 0 Å². The molecular formula is C16H19N3O2. The average molecular weight is 285 g/mol. The van der Waals surface area contributed by atoms with Crippen molar-refractivity contribution in [2.24, 2.45) is 0 Å². The quantitative estimate of drug-likeness (QED) is 0.680. The zero-order valence-electron chi connectivity index (χ0n) is 12.7. The number of rotatable bonds is 4. The van der Waals surface area contributed by atoms with Crippen LogP contribution in [0, 0.1) is 30.9 Å². The van der Waals surface area contributed by atoms with Gasteiger partial charge in [-0.25, -0.2) is 4.98 Å². The molecule has 2 aromatic rings. The molecule has 1 aromatic carbocycles. The Morgan fingerprint density at radius 2 is 1.81 bits per heavy atom. The molecule has 0 saturated carbocycles. The van der Waals surface area contributed by atoms with Crippen molar-refractivity contribution in [1.29, 1.82) is 0 Å². The molecule has 0 aliphatic carbocycles. The average Bonchev–Trinajstić information content (AvgIpc) is 2.37. The summed E-state index contributed by atoms with van der Waals surface area (Å²) in [5.41, 5.74) is 4.43. The van der Waals surface area contributed by atoms with Crippen LogP contribution in [0.2, 0.25) is 0 Å². The van der Waals surface area contributed by atoms with E-state index in [0.717, 1.165) is 28.8 Å². The first-order valence-electron chi connectivity index (χ1n) is 6.91. The summed E-state index contributed by atoms with van der Waals surface area (Å²) in [4.78, 5) is 15.4. The molecule has 0 aliphatic heterocycles. The number of anilines is 1. The lowest BCUT2D eigenvalue weighted by Gasteiger charge is -2.12. The van der Waals surface area contributed by atoms with E-state index in [2.05, 4.69) is 10.3 Å². The minimum atomic E-state index is -0.378. The zero-order valence-corrected chi connectivity index (χ0v) is 12.7. The number of nitro groups is 1. The lowest BCUT2D eigenvalue weighted by Crippen LogP contribution is -2.03. The van der Waals surface area contributed by atoms with Gasteiger partial charge in [-0.1, -0.05) is 17.7 Å². The van der Waals surface area contributed by atoms with Crippen LogP contribution in [-0.2, 0) is 0 Å². The largest absolute Gasteiger partial charge is 0.370 e. The maximum absolute atomic E-state index is 11.3. The number of benzene rings is 1. The Bertz CT molecular complexity index is 673. The van der Waals surface area contributed by atoms with Gasteiger partial charge >= 0.3 is 0 Å². The predicted octanol–water partition coefficient (Wildman–Crippen LogP) is 4.01. The maximum Gasteiger partial charge on any atom is 0.295 e. The predicted molar refractivity (Wildman–Crippen MR) is 84.7 cm³/mol. The van der Waals surface area contributed by atoms with Gasteiger partial charge in [0.15, 0.2) is 5.69 Å². The minimum absolute atomic E-state index is 0.0340. The van der Waals surface area contributed by atoms with Gasteiger partial charge in [-0.05, 0) is 44.9 Å². The van der Waals surface area contributed by atoms with Gasteiger partial charge in [0.25, 0.3) is 5.69 Å². The Labute approximate surface area is 124 Å². The molecule has 21 heavy (non-hydrogen) atoms. The fraction of sp³-hybridized carbons (Fsp3) is 0.312. The van der Waals surface area contributed by atoms with Crippen LogP contribution in [0.25, 0.3) is 11.3 Å². The van der Waals surface area contributed by atoms with E-state index in [1.165, 1.54) is 6.07 Å². The van der Waals surface area contributed by atoms with Crippen molar-refractivity contribution in [3.8, 4) is 11.3 Å². The van der Waals surface area contributed by atoms with Crippen LogP contribution in [-0.4, -0.2) is 16.5 Å². The fourth-order valence-corrected chi connectivity index (χ4v) is 2.62. The molecule has 5 heteroatoms. The molecule has 0 radical (unpaired) electrons. The Morgan fingerprint density at radius 1 is 1.19 bits per heavy atom. The van der Waals surface area contributed by atoms with Crippen molar-refractivity contribution in [1.82, 2.24) is 4.98 Å². The topological polar surface area (TPSA) is 68.1 Å². The highest BCUT2D eigenvalue weighted by atomic mass is 16.6. The van der Waals surface area contributed by atoms with Crippen LogP contribution in [0.1, 0.15) is 23.6 Å². The highest BCUT2D eigenvalue weighted by Crippen LogP contribution is 2.34. The molecule has 5 nitrogen and oxygen atoms in total. The fourth-order valence-electron chi connectivity index (χ4n) is 2.62.